The Balaban J connectivity index is 2.17. The molecular formula is C14H24N2O2. The van der Waals surface area contributed by atoms with Gasteiger partial charge in [-0.15, -0.1) is 0 Å². The molecule has 4 heteroatoms. The van der Waals surface area contributed by atoms with Crippen LogP contribution in [0.4, 0.5) is 4.79 Å². The van der Waals surface area contributed by atoms with E-state index in [-0.39, 0.29) is 17.4 Å². The van der Waals surface area contributed by atoms with Crippen molar-refractivity contribution < 1.29 is 9.59 Å². The van der Waals surface area contributed by atoms with E-state index in [1.54, 1.807) is 0 Å². The Morgan fingerprint density at radius 1 is 1.11 bits per heavy atom. The predicted molar refractivity (Wildman–Crippen MR) is 70.0 cm³/mol. The summed E-state index contributed by atoms with van der Waals surface area (Å²) in [6.07, 6.45) is 1.54. The molecule has 0 aromatic heterocycles. The predicted octanol–water partition coefficient (Wildman–Crippen LogP) is 2.53. The molecule has 2 rings (SSSR count). The Morgan fingerprint density at radius 3 is 1.94 bits per heavy atom. The number of rotatable bonds is 0. The van der Waals surface area contributed by atoms with Gasteiger partial charge in [-0.25, -0.2) is 4.79 Å². The number of nitrogens with one attached hydrogen (secondary N) is 1. The van der Waals surface area contributed by atoms with Crippen LogP contribution in [0, 0.1) is 11.3 Å². The average Bonchev–Trinajstić information content (AvgIpc) is 2.31. The highest BCUT2D eigenvalue weighted by molar-refractivity contribution is 6.08. The lowest BCUT2D eigenvalue weighted by Gasteiger charge is -2.49. The fourth-order valence-electron chi connectivity index (χ4n) is 2.90. The first-order chi connectivity index (χ1) is 7.97. The van der Waals surface area contributed by atoms with E-state index in [1.165, 1.54) is 4.90 Å². The van der Waals surface area contributed by atoms with Gasteiger partial charge in [0.1, 0.15) is 5.54 Å². The minimum Gasteiger partial charge on any atom is -0.323 e. The van der Waals surface area contributed by atoms with E-state index in [1.807, 2.05) is 20.8 Å². The maximum Gasteiger partial charge on any atom is 0.325 e. The van der Waals surface area contributed by atoms with Crippen LogP contribution < -0.4 is 5.32 Å². The van der Waals surface area contributed by atoms with Crippen LogP contribution in [-0.2, 0) is 4.79 Å². The topological polar surface area (TPSA) is 49.4 Å². The summed E-state index contributed by atoms with van der Waals surface area (Å²) in [7, 11) is 0. The second-order valence-corrected chi connectivity index (χ2v) is 7.79. The van der Waals surface area contributed by atoms with Gasteiger partial charge in [-0.2, -0.15) is 0 Å². The molecule has 0 unspecified atom stereocenters. The van der Waals surface area contributed by atoms with Crippen molar-refractivity contribution in [1.82, 2.24) is 10.2 Å². The third kappa shape index (κ3) is 1.82. The number of nitrogens with zero attached hydrogens (tertiary/aromatic N) is 1. The van der Waals surface area contributed by atoms with E-state index >= 15 is 0 Å². The zero-order valence-corrected chi connectivity index (χ0v) is 12.3. The maximum atomic E-state index is 12.5. The van der Waals surface area contributed by atoms with Gasteiger partial charge >= 0.3 is 6.03 Å². The summed E-state index contributed by atoms with van der Waals surface area (Å²) < 4.78 is 0. The van der Waals surface area contributed by atoms with Crippen LogP contribution in [0.1, 0.15) is 54.4 Å². The molecule has 18 heavy (non-hydrogen) atoms. The van der Waals surface area contributed by atoms with E-state index in [0.717, 1.165) is 12.8 Å². The lowest BCUT2D eigenvalue weighted by molar-refractivity contribution is -0.141. The molecule has 0 aromatic rings. The summed E-state index contributed by atoms with van der Waals surface area (Å²) in [6.45, 7) is 12.2. The van der Waals surface area contributed by atoms with Gasteiger partial charge in [0, 0.05) is 5.54 Å². The maximum absolute atomic E-state index is 12.5. The Bertz CT molecular complexity index is 395. The normalized spacial score (nSPS) is 32.8. The first-order valence-electron chi connectivity index (χ1n) is 6.64. The van der Waals surface area contributed by atoms with Crippen LogP contribution in [0.3, 0.4) is 0 Å². The third-order valence-electron chi connectivity index (χ3n) is 4.25. The van der Waals surface area contributed by atoms with Crippen molar-refractivity contribution in [2.75, 3.05) is 0 Å². The molecule has 1 aliphatic carbocycles. The van der Waals surface area contributed by atoms with Gasteiger partial charge in [-0.3, -0.25) is 9.69 Å². The third-order valence-corrected chi connectivity index (χ3v) is 4.25. The molecule has 4 nitrogen and oxygen atoms in total. The van der Waals surface area contributed by atoms with E-state index < -0.39 is 11.1 Å². The fourth-order valence-corrected chi connectivity index (χ4v) is 2.90. The minimum absolute atomic E-state index is 0.0412. The number of urea groups is 1. The fraction of sp³-hybridized carbons (Fsp3) is 0.857. The molecule has 0 atom stereocenters. The second-order valence-electron chi connectivity index (χ2n) is 7.79. The first kappa shape index (κ1) is 13.4. The van der Waals surface area contributed by atoms with E-state index in [0.29, 0.717) is 5.92 Å². The number of hydrogen-bond donors (Lipinski definition) is 1. The molecule has 1 N–H and O–H groups in total. The largest absolute Gasteiger partial charge is 0.325 e. The van der Waals surface area contributed by atoms with Gasteiger partial charge in [-0.1, -0.05) is 20.8 Å². The lowest BCUT2D eigenvalue weighted by atomic mass is 9.59. The number of imide groups is 1. The van der Waals surface area contributed by atoms with Crippen molar-refractivity contribution >= 4 is 11.9 Å². The molecule has 1 spiro atoms. The van der Waals surface area contributed by atoms with Gasteiger partial charge in [0.05, 0.1) is 0 Å². The first-order valence-corrected chi connectivity index (χ1v) is 6.64. The van der Waals surface area contributed by atoms with Crippen LogP contribution in [0.15, 0.2) is 0 Å². The smallest absolute Gasteiger partial charge is 0.323 e. The quantitative estimate of drug-likeness (QED) is 0.673. The van der Waals surface area contributed by atoms with Crippen LogP contribution in [0.25, 0.3) is 0 Å². The molecular weight excluding hydrogens is 228 g/mol. The molecule has 3 amide bonds. The van der Waals surface area contributed by atoms with Crippen LogP contribution in [0.2, 0.25) is 0 Å². The SMILES string of the molecule is CC(C)(C)C1CC2(C1)NC(=O)N(C(C)(C)C)C2=O. The van der Waals surface area contributed by atoms with Crippen molar-refractivity contribution in [1.29, 1.82) is 0 Å². The summed E-state index contributed by atoms with van der Waals surface area (Å²) in [5.74, 6) is 0.460. The van der Waals surface area contributed by atoms with Crippen molar-refractivity contribution in [2.45, 2.75) is 65.5 Å². The molecule has 2 aliphatic rings. The van der Waals surface area contributed by atoms with E-state index in [9.17, 15) is 9.59 Å². The van der Waals surface area contributed by atoms with Crippen molar-refractivity contribution in [3.05, 3.63) is 0 Å². The van der Waals surface area contributed by atoms with Crippen LogP contribution in [0.5, 0.6) is 0 Å². The van der Waals surface area contributed by atoms with Gasteiger partial charge in [0.15, 0.2) is 0 Å². The van der Waals surface area contributed by atoms with Gasteiger partial charge in [0.2, 0.25) is 0 Å². The summed E-state index contributed by atoms with van der Waals surface area (Å²) in [5, 5.41) is 2.91. The summed E-state index contributed by atoms with van der Waals surface area (Å²) in [6, 6.07) is -0.236. The monoisotopic (exact) mass is 252 g/mol. The number of carbonyl (C=O) groups is 2. The van der Waals surface area contributed by atoms with Crippen LogP contribution in [-0.4, -0.2) is 27.9 Å². The molecule has 1 saturated heterocycles. The highest BCUT2D eigenvalue weighted by Crippen LogP contribution is 2.50. The summed E-state index contributed by atoms with van der Waals surface area (Å²) in [5.41, 5.74) is -0.856. The zero-order chi connectivity index (χ0) is 13.9. The van der Waals surface area contributed by atoms with Gasteiger partial charge < -0.3 is 5.32 Å². The summed E-state index contributed by atoms with van der Waals surface area (Å²) >= 11 is 0. The number of amides is 3. The second kappa shape index (κ2) is 3.49. The molecule has 2 fully saturated rings. The van der Waals surface area contributed by atoms with Crippen molar-refractivity contribution in [3.8, 4) is 0 Å². The zero-order valence-electron chi connectivity index (χ0n) is 12.3. The molecule has 102 valence electrons. The van der Waals surface area contributed by atoms with E-state index in [4.69, 9.17) is 0 Å². The van der Waals surface area contributed by atoms with Gasteiger partial charge in [-0.05, 0) is 44.9 Å². The molecule has 1 saturated carbocycles. The Hall–Kier alpha value is -1.06. The van der Waals surface area contributed by atoms with Crippen LogP contribution >= 0.6 is 0 Å². The molecule has 0 radical (unpaired) electrons. The molecule has 1 aliphatic heterocycles. The average molecular weight is 252 g/mol. The van der Waals surface area contributed by atoms with Gasteiger partial charge in [0.25, 0.3) is 5.91 Å². The molecule has 1 heterocycles. The molecule has 0 bridgehead atoms. The number of hydrogen-bond acceptors (Lipinski definition) is 2. The Labute approximate surface area is 109 Å². The van der Waals surface area contributed by atoms with Crippen molar-refractivity contribution in [2.24, 2.45) is 11.3 Å². The Morgan fingerprint density at radius 2 is 1.61 bits per heavy atom. The highest BCUT2D eigenvalue weighted by atomic mass is 16.2. The standard InChI is InChI=1S/C14H24N2O2/c1-12(2,3)9-7-14(8-9)10(17)16(11(18)15-14)13(4,5)6/h9H,7-8H2,1-6H3,(H,15,18). The minimum atomic E-state index is -0.609. The highest BCUT2D eigenvalue weighted by Gasteiger charge is 2.62. The molecule has 0 aromatic carbocycles. The Kier molecular flexibility index (Phi) is 2.59. The number of carbonyl (C=O) groups excluding carboxylic acids is 2. The van der Waals surface area contributed by atoms with Crippen molar-refractivity contribution in [3.63, 3.8) is 0 Å². The summed E-state index contributed by atoms with van der Waals surface area (Å²) in [4.78, 5) is 25.9. The van der Waals surface area contributed by atoms with E-state index in [2.05, 4.69) is 26.1 Å². The lowest BCUT2D eigenvalue weighted by Crippen LogP contribution is -2.60.